The Morgan fingerprint density at radius 2 is 1.46 bits per heavy atom. The Morgan fingerprint density at radius 3 is 2.04 bits per heavy atom. The molecule has 0 radical (unpaired) electrons. The number of morpholine rings is 1. The van der Waals surface area contributed by atoms with Gasteiger partial charge in [0.2, 0.25) is 0 Å². The molecule has 2 aliphatic rings. The molecule has 136 valence electrons. The minimum absolute atomic E-state index is 0.208. The first-order valence-corrected chi connectivity index (χ1v) is 9.64. The summed E-state index contributed by atoms with van der Waals surface area (Å²) in [6.45, 7) is 3.15. The van der Waals surface area contributed by atoms with Gasteiger partial charge in [0.15, 0.2) is 0 Å². The third-order valence-corrected chi connectivity index (χ3v) is 4.88. The zero-order chi connectivity index (χ0) is 17.0. The number of esters is 1. The normalized spacial score (nSPS) is 26.5. The van der Waals surface area contributed by atoms with Gasteiger partial charge in [0.25, 0.3) is 0 Å². The predicted octanol–water partition coefficient (Wildman–Crippen LogP) is 4.22. The minimum Gasteiger partial charge on any atom is -0.465 e. The quantitative estimate of drug-likeness (QED) is 0.708. The van der Waals surface area contributed by atoms with Gasteiger partial charge < -0.3 is 14.4 Å². The van der Waals surface area contributed by atoms with Crippen LogP contribution < -0.4 is 0 Å². The van der Waals surface area contributed by atoms with E-state index in [0.29, 0.717) is 0 Å². The van der Waals surface area contributed by atoms with Crippen LogP contribution in [0.2, 0.25) is 0 Å². The molecule has 1 aliphatic carbocycles. The summed E-state index contributed by atoms with van der Waals surface area (Å²) in [5, 5.41) is 0. The van der Waals surface area contributed by atoms with Crippen LogP contribution >= 0.6 is 0 Å². The Morgan fingerprint density at radius 1 is 0.917 bits per heavy atom. The van der Waals surface area contributed by atoms with Crippen LogP contribution in [-0.2, 0) is 14.3 Å². The Hall–Kier alpha value is -1.29. The van der Waals surface area contributed by atoms with Crippen LogP contribution in [0.3, 0.4) is 0 Å². The van der Waals surface area contributed by atoms with Crippen LogP contribution in [-0.4, -0.2) is 44.3 Å². The maximum atomic E-state index is 12.4. The lowest BCUT2D eigenvalue weighted by atomic mass is 10.0. The molecule has 4 nitrogen and oxygen atoms in total. The zero-order valence-electron chi connectivity index (χ0n) is 15.2. The Kier molecular flexibility index (Phi) is 8.96. The molecule has 0 aromatic heterocycles. The summed E-state index contributed by atoms with van der Waals surface area (Å²) >= 11 is 0. The first-order chi connectivity index (χ1) is 11.8. The van der Waals surface area contributed by atoms with Gasteiger partial charge in [0.1, 0.15) is 0 Å². The lowest BCUT2D eigenvalue weighted by Crippen LogP contribution is -2.37. The van der Waals surface area contributed by atoms with E-state index < -0.39 is 0 Å². The third kappa shape index (κ3) is 6.31. The number of nitrogens with zero attached hydrogens (tertiary/aromatic N) is 1. The molecule has 24 heavy (non-hydrogen) atoms. The average Bonchev–Trinajstić information content (AvgIpc) is 2.63. The highest BCUT2D eigenvalue weighted by molar-refractivity contribution is 5.93. The van der Waals surface area contributed by atoms with Crippen molar-refractivity contribution in [1.82, 2.24) is 4.90 Å². The number of carbonyl (C=O) groups is 1. The molecule has 1 aliphatic heterocycles. The van der Waals surface area contributed by atoms with E-state index in [0.717, 1.165) is 56.8 Å². The van der Waals surface area contributed by atoms with Gasteiger partial charge in [-0.15, -0.1) is 0 Å². The molecule has 0 saturated carbocycles. The molecule has 0 aromatic carbocycles. The molecule has 1 heterocycles. The van der Waals surface area contributed by atoms with Crippen molar-refractivity contribution in [2.75, 3.05) is 33.4 Å². The molecule has 0 amide bonds. The largest absolute Gasteiger partial charge is 0.465 e. The summed E-state index contributed by atoms with van der Waals surface area (Å²) in [6.07, 6.45) is 16.6. The van der Waals surface area contributed by atoms with E-state index in [2.05, 4.69) is 17.1 Å². The molecule has 0 N–H and O–H groups in total. The van der Waals surface area contributed by atoms with Gasteiger partial charge in [-0.25, -0.2) is 4.79 Å². The maximum absolute atomic E-state index is 12.4. The predicted molar refractivity (Wildman–Crippen MR) is 96.7 cm³/mol. The van der Waals surface area contributed by atoms with E-state index in [1.165, 1.54) is 52.1 Å². The fourth-order valence-electron chi connectivity index (χ4n) is 3.45. The molecule has 0 aromatic rings. The van der Waals surface area contributed by atoms with Crippen molar-refractivity contribution in [1.29, 1.82) is 0 Å². The van der Waals surface area contributed by atoms with Gasteiger partial charge in [-0.2, -0.15) is 0 Å². The summed E-state index contributed by atoms with van der Waals surface area (Å²) in [5.74, 6) is -0.208. The Labute approximate surface area is 146 Å². The van der Waals surface area contributed by atoms with Crippen molar-refractivity contribution in [3.8, 4) is 0 Å². The van der Waals surface area contributed by atoms with Crippen molar-refractivity contribution in [3.05, 3.63) is 23.4 Å². The van der Waals surface area contributed by atoms with Gasteiger partial charge in [-0.3, -0.25) is 0 Å². The maximum Gasteiger partial charge on any atom is 0.339 e. The monoisotopic (exact) mass is 335 g/mol. The van der Waals surface area contributed by atoms with Gasteiger partial charge in [0.05, 0.1) is 25.9 Å². The fraction of sp³-hybridized carbons (Fsp3) is 0.750. The molecule has 0 bridgehead atoms. The molecule has 1 saturated heterocycles. The highest BCUT2D eigenvalue weighted by Gasteiger charge is 2.22. The van der Waals surface area contributed by atoms with Crippen LogP contribution in [0, 0.1) is 0 Å². The summed E-state index contributed by atoms with van der Waals surface area (Å²) in [4.78, 5) is 14.7. The molecule has 0 spiro atoms. The van der Waals surface area contributed by atoms with Crippen LogP contribution in [0.25, 0.3) is 0 Å². The minimum atomic E-state index is -0.208. The van der Waals surface area contributed by atoms with E-state index in [9.17, 15) is 4.79 Å². The van der Waals surface area contributed by atoms with Crippen molar-refractivity contribution < 1.29 is 14.3 Å². The second-order valence-electron chi connectivity index (χ2n) is 6.70. The number of ether oxygens (including phenoxy) is 2. The van der Waals surface area contributed by atoms with E-state index >= 15 is 0 Å². The first-order valence-electron chi connectivity index (χ1n) is 9.64. The first kappa shape index (κ1) is 19.0. The van der Waals surface area contributed by atoms with Crippen molar-refractivity contribution in [2.45, 2.75) is 64.2 Å². The summed E-state index contributed by atoms with van der Waals surface area (Å²) in [6, 6.07) is 0. The lowest BCUT2D eigenvalue weighted by molar-refractivity contribution is -0.136. The number of carbonyl (C=O) groups excluding carboxylic acids is 1. The van der Waals surface area contributed by atoms with Crippen molar-refractivity contribution in [3.63, 3.8) is 0 Å². The van der Waals surface area contributed by atoms with Crippen LogP contribution in [0.5, 0.6) is 0 Å². The third-order valence-electron chi connectivity index (χ3n) is 4.88. The van der Waals surface area contributed by atoms with Gasteiger partial charge >= 0.3 is 5.97 Å². The van der Waals surface area contributed by atoms with Crippen LogP contribution in [0.1, 0.15) is 64.2 Å². The molecular weight excluding hydrogens is 302 g/mol. The smallest absolute Gasteiger partial charge is 0.339 e. The van der Waals surface area contributed by atoms with Crippen molar-refractivity contribution in [2.24, 2.45) is 0 Å². The molecule has 1 fully saturated rings. The van der Waals surface area contributed by atoms with Gasteiger partial charge in [0, 0.05) is 18.8 Å². The average molecular weight is 335 g/mol. The summed E-state index contributed by atoms with van der Waals surface area (Å²) < 4.78 is 10.5. The Balaban J connectivity index is 2.17. The molecular formula is C20H33NO3. The van der Waals surface area contributed by atoms with E-state index in [-0.39, 0.29) is 5.97 Å². The molecule has 4 heteroatoms. The highest BCUT2D eigenvalue weighted by atomic mass is 16.5. The summed E-state index contributed by atoms with van der Waals surface area (Å²) in [7, 11) is 1.48. The molecule has 0 atom stereocenters. The van der Waals surface area contributed by atoms with E-state index in [4.69, 9.17) is 9.47 Å². The topological polar surface area (TPSA) is 38.8 Å². The molecule has 0 unspecified atom stereocenters. The highest BCUT2D eigenvalue weighted by Crippen LogP contribution is 2.22. The fourth-order valence-corrected chi connectivity index (χ4v) is 3.45. The number of hydrogen-bond acceptors (Lipinski definition) is 4. The number of hydrogen-bond donors (Lipinski definition) is 0. The second kappa shape index (κ2) is 11.3. The summed E-state index contributed by atoms with van der Waals surface area (Å²) in [5.41, 5.74) is 1.80. The second-order valence-corrected chi connectivity index (χ2v) is 6.70. The number of allylic oxidation sites excluding steroid dienone is 2. The Bertz CT molecular complexity index is 436. The van der Waals surface area contributed by atoms with Gasteiger partial charge in [-0.05, 0) is 25.7 Å². The zero-order valence-corrected chi connectivity index (χ0v) is 15.2. The van der Waals surface area contributed by atoms with Gasteiger partial charge in [-0.1, -0.05) is 50.7 Å². The molecule has 2 rings (SSSR count). The van der Waals surface area contributed by atoms with Crippen molar-refractivity contribution >= 4 is 5.97 Å². The van der Waals surface area contributed by atoms with E-state index in [1.54, 1.807) is 0 Å². The number of methoxy groups -OCH3 is 1. The van der Waals surface area contributed by atoms with Crippen LogP contribution in [0.4, 0.5) is 0 Å². The standard InChI is InChI=1S/C20H33NO3/c1-23-20(22)18-12-10-8-6-4-2-3-5-7-9-11-13-19(18)21-14-16-24-17-15-21/h12-13H,2-11,14-17H2,1H3/b18-12+,19-13+. The van der Waals surface area contributed by atoms with Crippen LogP contribution in [0.15, 0.2) is 23.4 Å². The SMILES string of the molecule is COC(=O)C1=C/CCCCCCCCCC/C=C\1N1CCOCC1. The lowest BCUT2D eigenvalue weighted by Gasteiger charge is -2.32. The van der Waals surface area contributed by atoms with E-state index in [1.807, 2.05) is 0 Å². The number of rotatable bonds is 2.